The maximum Gasteiger partial charge on any atom is 0.223 e. The third-order valence-electron chi connectivity index (χ3n) is 1.68. The topological polar surface area (TPSA) is 63.2 Å². The van der Waals surface area contributed by atoms with Crippen molar-refractivity contribution < 1.29 is 14.4 Å². The summed E-state index contributed by atoms with van der Waals surface area (Å²) in [6, 6.07) is 0. The van der Waals surface area contributed by atoms with E-state index < -0.39 is 5.92 Å². The first-order valence-electron chi connectivity index (χ1n) is 4.41. The molecular formula is C9H15NO3. The fourth-order valence-corrected chi connectivity index (χ4v) is 0.935. The van der Waals surface area contributed by atoms with Crippen LogP contribution in [0.4, 0.5) is 0 Å². The Kier molecular flexibility index (Phi) is 6.78. The lowest BCUT2D eigenvalue weighted by Crippen LogP contribution is -2.31. The standard InChI is InChI=1S/C9H15NO3/c1-2-5-10-9(13)8(3-6-11)4-7-12/h6-8H,2-5H2,1H3,(H,10,13). The van der Waals surface area contributed by atoms with Gasteiger partial charge in [0.15, 0.2) is 0 Å². The molecule has 0 radical (unpaired) electrons. The minimum Gasteiger partial charge on any atom is -0.356 e. The van der Waals surface area contributed by atoms with E-state index in [9.17, 15) is 14.4 Å². The number of hydrogen-bond donors (Lipinski definition) is 1. The van der Waals surface area contributed by atoms with E-state index >= 15 is 0 Å². The van der Waals surface area contributed by atoms with Gasteiger partial charge in [-0.05, 0) is 6.42 Å². The Morgan fingerprint density at radius 1 is 1.31 bits per heavy atom. The van der Waals surface area contributed by atoms with Gasteiger partial charge >= 0.3 is 0 Å². The summed E-state index contributed by atoms with van der Waals surface area (Å²) >= 11 is 0. The second-order valence-electron chi connectivity index (χ2n) is 2.79. The Labute approximate surface area is 77.7 Å². The van der Waals surface area contributed by atoms with E-state index in [4.69, 9.17) is 0 Å². The van der Waals surface area contributed by atoms with Crippen LogP contribution in [0.2, 0.25) is 0 Å². The molecule has 0 aliphatic carbocycles. The van der Waals surface area contributed by atoms with Crippen molar-refractivity contribution in [3.05, 3.63) is 0 Å². The maximum absolute atomic E-state index is 11.3. The average molecular weight is 185 g/mol. The third kappa shape index (κ3) is 5.11. The highest BCUT2D eigenvalue weighted by Gasteiger charge is 2.16. The number of amides is 1. The molecule has 0 atom stereocenters. The van der Waals surface area contributed by atoms with E-state index in [-0.39, 0.29) is 18.7 Å². The summed E-state index contributed by atoms with van der Waals surface area (Å²) in [6.07, 6.45) is 2.42. The highest BCUT2D eigenvalue weighted by Crippen LogP contribution is 2.04. The first-order valence-corrected chi connectivity index (χ1v) is 4.41. The highest BCUT2D eigenvalue weighted by atomic mass is 16.2. The first kappa shape index (κ1) is 11.8. The largest absolute Gasteiger partial charge is 0.356 e. The molecule has 1 amide bonds. The molecule has 0 spiro atoms. The number of hydrogen-bond acceptors (Lipinski definition) is 3. The van der Waals surface area contributed by atoms with Crippen molar-refractivity contribution in [2.24, 2.45) is 5.92 Å². The minimum atomic E-state index is -0.485. The Bertz CT molecular complexity index is 170. The van der Waals surface area contributed by atoms with Gasteiger partial charge in [-0.1, -0.05) is 6.92 Å². The Balaban J connectivity index is 3.93. The molecule has 0 aliphatic rings. The van der Waals surface area contributed by atoms with Crippen LogP contribution in [0.25, 0.3) is 0 Å². The molecule has 0 saturated carbocycles. The molecule has 13 heavy (non-hydrogen) atoms. The molecule has 0 rings (SSSR count). The van der Waals surface area contributed by atoms with Crippen molar-refractivity contribution in [3.63, 3.8) is 0 Å². The monoisotopic (exact) mass is 185 g/mol. The van der Waals surface area contributed by atoms with Gasteiger partial charge in [0, 0.05) is 19.4 Å². The van der Waals surface area contributed by atoms with Crippen molar-refractivity contribution >= 4 is 18.5 Å². The van der Waals surface area contributed by atoms with Crippen molar-refractivity contribution in [3.8, 4) is 0 Å². The van der Waals surface area contributed by atoms with Crippen LogP contribution in [0.3, 0.4) is 0 Å². The number of nitrogens with one attached hydrogen (secondary N) is 1. The van der Waals surface area contributed by atoms with E-state index in [1.54, 1.807) is 0 Å². The van der Waals surface area contributed by atoms with Crippen molar-refractivity contribution in [1.82, 2.24) is 5.32 Å². The van der Waals surface area contributed by atoms with Crippen LogP contribution < -0.4 is 5.32 Å². The summed E-state index contributed by atoms with van der Waals surface area (Å²) in [5.74, 6) is -0.692. The first-order chi connectivity index (χ1) is 6.26. The molecule has 74 valence electrons. The SMILES string of the molecule is CCCNC(=O)C(CC=O)CC=O. The fraction of sp³-hybridized carbons (Fsp3) is 0.667. The van der Waals surface area contributed by atoms with Crippen LogP contribution in [-0.2, 0) is 14.4 Å². The maximum atomic E-state index is 11.3. The molecule has 0 saturated heterocycles. The molecule has 4 heteroatoms. The second-order valence-corrected chi connectivity index (χ2v) is 2.79. The van der Waals surface area contributed by atoms with Gasteiger partial charge < -0.3 is 14.9 Å². The van der Waals surface area contributed by atoms with Gasteiger partial charge in [0.25, 0.3) is 0 Å². The van der Waals surface area contributed by atoms with Crippen LogP contribution in [0.1, 0.15) is 26.2 Å². The van der Waals surface area contributed by atoms with E-state index in [1.165, 1.54) is 0 Å². The summed E-state index contributed by atoms with van der Waals surface area (Å²) in [5.41, 5.74) is 0. The number of carbonyl (C=O) groups is 3. The lowest BCUT2D eigenvalue weighted by Gasteiger charge is -2.10. The van der Waals surface area contributed by atoms with E-state index in [1.807, 2.05) is 6.92 Å². The summed E-state index contributed by atoms with van der Waals surface area (Å²) < 4.78 is 0. The lowest BCUT2D eigenvalue weighted by atomic mass is 10.0. The predicted molar refractivity (Wildman–Crippen MR) is 48.2 cm³/mol. The van der Waals surface area contributed by atoms with Crippen LogP contribution in [0.5, 0.6) is 0 Å². The van der Waals surface area contributed by atoms with Gasteiger partial charge in [0.2, 0.25) is 5.91 Å². The number of carbonyl (C=O) groups excluding carboxylic acids is 3. The van der Waals surface area contributed by atoms with Crippen LogP contribution in [0, 0.1) is 5.92 Å². The average Bonchev–Trinajstić information content (AvgIpc) is 2.14. The molecule has 0 heterocycles. The molecule has 0 aromatic rings. The molecule has 0 aromatic carbocycles. The molecule has 0 unspecified atom stereocenters. The molecule has 0 aliphatic heterocycles. The Morgan fingerprint density at radius 2 is 1.85 bits per heavy atom. The zero-order chi connectivity index (χ0) is 10.1. The van der Waals surface area contributed by atoms with Crippen LogP contribution >= 0.6 is 0 Å². The smallest absolute Gasteiger partial charge is 0.223 e. The molecule has 0 bridgehead atoms. The number of rotatable bonds is 7. The lowest BCUT2D eigenvalue weighted by molar-refractivity contribution is -0.128. The molecule has 4 nitrogen and oxygen atoms in total. The summed E-state index contributed by atoms with van der Waals surface area (Å²) in [7, 11) is 0. The highest BCUT2D eigenvalue weighted by molar-refractivity contribution is 5.82. The summed E-state index contributed by atoms with van der Waals surface area (Å²) in [5, 5.41) is 2.65. The second kappa shape index (κ2) is 7.46. The van der Waals surface area contributed by atoms with Gasteiger partial charge in [-0.25, -0.2) is 0 Å². The normalized spacial score (nSPS) is 9.69. The zero-order valence-electron chi connectivity index (χ0n) is 7.79. The number of aldehydes is 2. The van der Waals surface area contributed by atoms with Gasteiger partial charge in [0.05, 0.1) is 5.92 Å². The van der Waals surface area contributed by atoms with Gasteiger partial charge in [-0.15, -0.1) is 0 Å². The van der Waals surface area contributed by atoms with Crippen molar-refractivity contribution in [1.29, 1.82) is 0 Å². The van der Waals surface area contributed by atoms with Crippen molar-refractivity contribution in [2.75, 3.05) is 6.54 Å². The van der Waals surface area contributed by atoms with Crippen LogP contribution in [0.15, 0.2) is 0 Å². The van der Waals surface area contributed by atoms with Gasteiger partial charge in [0.1, 0.15) is 12.6 Å². The molecular weight excluding hydrogens is 170 g/mol. The van der Waals surface area contributed by atoms with Crippen molar-refractivity contribution in [2.45, 2.75) is 26.2 Å². The molecule has 0 aromatic heterocycles. The predicted octanol–water partition coefficient (Wildman–Crippen LogP) is 0.307. The fourth-order valence-electron chi connectivity index (χ4n) is 0.935. The quantitative estimate of drug-likeness (QED) is 0.580. The van der Waals surface area contributed by atoms with Gasteiger partial charge in [-0.3, -0.25) is 4.79 Å². The third-order valence-corrected chi connectivity index (χ3v) is 1.68. The van der Waals surface area contributed by atoms with Crippen LogP contribution in [-0.4, -0.2) is 25.0 Å². The summed E-state index contributed by atoms with van der Waals surface area (Å²) in [6.45, 7) is 2.53. The summed E-state index contributed by atoms with van der Waals surface area (Å²) in [4.78, 5) is 31.6. The molecule has 1 N–H and O–H groups in total. The minimum absolute atomic E-state index is 0.119. The van der Waals surface area contributed by atoms with E-state index in [0.29, 0.717) is 19.1 Å². The Hall–Kier alpha value is -1.19. The van der Waals surface area contributed by atoms with E-state index in [0.717, 1.165) is 6.42 Å². The van der Waals surface area contributed by atoms with E-state index in [2.05, 4.69) is 5.32 Å². The Morgan fingerprint density at radius 3 is 2.23 bits per heavy atom. The zero-order valence-corrected chi connectivity index (χ0v) is 7.79. The van der Waals surface area contributed by atoms with Gasteiger partial charge in [-0.2, -0.15) is 0 Å². The molecule has 0 fully saturated rings.